The summed E-state index contributed by atoms with van der Waals surface area (Å²) < 4.78 is 8.49. The maximum atomic E-state index is 4.21. The molecule has 8 aromatic heterocycles. The van der Waals surface area contributed by atoms with E-state index in [-0.39, 0.29) is 0 Å². The van der Waals surface area contributed by atoms with E-state index >= 15 is 0 Å². The molecule has 0 saturated carbocycles. The number of pyridine rings is 2. The number of rotatable bonds is 0. The van der Waals surface area contributed by atoms with E-state index < -0.39 is 0 Å². The topological polar surface area (TPSA) is 97.1 Å². The molecule has 0 bridgehead atoms. The first kappa shape index (κ1) is 34.0. The second kappa shape index (κ2) is 13.8. The highest BCUT2D eigenvalue weighted by atomic mass is 15.0. The van der Waals surface area contributed by atoms with Crippen molar-refractivity contribution in [2.45, 2.75) is 55.4 Å². The molecule has 0 spiro atoms. The van der Waals surface area contributed by atoms with Gasteiger partial charge in [-0.3, -0.25) is 9.97 Å². The molecule has 0 unspecified atom stereocenters. The van der Waals surface area contributed by atoms with Gasteiger partial charge in [0.25, 0.3) is 0 Å². The average Bonchev–Trinajstić information content (AvgIpc) is 3.70. The Morgan fingerprint density at radius 3 is 1.48 bits per heavy atom. The molecule has 0 aliphatic rings. The lowest BCUT2D eigenvalue weighted by Gasteiger charge is -2.00. The second-order valence-corrected chi connectivity index (χ2v) is 12.6. The number of hydrogen-bond acceptors (Lipinski definition) is 6. The Hall–Kier alpha value is -5.38. The van der Waals surface area contributed by atoms with E-state index in [1.165, 1.54) is 66.6 Å². The van der Waals surface area contributed by atoms with Gasteiger partial charge < -0.3 is 18.3 Å². The molecule has 8 heterocycles. The van der Waals surface area contributed by atoms with Gasteiger partial charge in [-0.15, -0.1) is 0 Å². The zero-order chi connectivity index (χ0) is 34.9. The van der Waals surface area contributed by atoms with Crippen LogP contribution in [-0.4, -0.2) is 48.2 Å². The van der Waals surface area contributed by atoms with Crippen molar-refractivity contribution in [2.24, 2.45) is 28.2 Å². The summed E-state index contributed by atoms with van der Waals surface area (Å²) in [6, 6.07) is 0. The maximum Gasteiger partial charge on any atom is 0.143 e. The minimum Gasteiger partial charge on any atom is -0.350 e. The Balaban J connectivity index is 0.000000125. The number of fused-ring (bicyclic) bond motifs is 4. The lowest BCUT2D eigenvalue weighted by molar-refractivity contribution is 0.893. The number of aromatic nitrogens is 10. The molecule has 0 radical (unpaired) electrons. The third-order valence-corrected chi connectivity index (χ3v) is 9.45. The van der Waals surface area contributed by atoms with Crippen molar-refractivity contribution in [3.05, 3.63) is 107 Å². The highest BCUT2D eigenvalue weighted by Crippen LogP contribution is 2.25. The summed E-state index contributed by atoms with van der Waals surface area (Å²) in [5.41, 5.74) is 14.8. The Morgan fingerprint density at radius 2 is 0.896 bits per heavy atom. The predicted octanol–water partition coefficient (Wildman–Crippen LogP) is 7.55. The smallest absolute Gasteiger partial charge is 0.143 e. The van der Waals surface area contributed by atoms with Gasteiger partial charge in [-0.2, -0.15) is 0 Å². The van der Waals surface area contributed by atoms with Gasteiger partial charge in [0.2, 0.25) is 0 Å². The van der Waals surface area contributed by atoms with Crippen molar-refractivity contribution in [2.75, 3.05) is 0 Å². The molecular weight excluding hydrogens is 596 g/mol. The van der Waals surface area contributed by atoms with Gasteiger partial charge in [0.05, 0.1) is 11.0 Å². The zero-order valence-electron chi connectivity index (χ0n) is 30.2. The first-order valence-corrected chi connectivity index (χ1v) is 16.0. The Morgan fingerprint density at radius 1 is 0.417 bits per heavy atom. The first-order valence-electron chi connectivity index (χ1n) is 16.0. The van der Waals surface area contributed by atoms with Crippen LogP contribution in [0.4, 0.5) is 0 Å². The standard InChI is InChI=1S/C11H14N2.C10H12N2.C9H11N3.C8H9N3/c1-7-5-12-6-10-8(2)9(3)13(4)11(7)10;1-7-4-11-5-9-8(2)6-12(3)10(7)9;1-6-7(2)12(3)9-8(6)4-10-5-11-9;1-6-4-11(2)8-7(6)3-9-5-10-8/h5-6H,1-4H3;4-6H,1-3H3;4-5H,1-3H3;3-5H,1-2H3. The highest BCUT2D eigenvalue weighted by Gasteiger charge is 2.10. The van der Waals surface area contributed by atoms with Crippen molar-refractivity contribution in [3.8, 4) is 0 Å². The Labute approximate surface area is 282 Å². The van der Waals surface area contributed by atoms with Crippen LogP contribution in [0.1, 0.15) is 44.8 Å². The molecule has 0 fully saturated rings. The third-order valence-electron chi connectivity index (χ3n) is 9.45. The summed E-state index contributed by atoms with van der Waals surface area (Å²) in [4.78, 5) is 24.7. The number of nitrogens with zero attached hydrogens (tertiary/aromatic N) is 10. The van der Waals surface area contributed by atoms with Crippen molar-refractivity contribution in [1.29, 1.82) is 0 Å². The number of aryl methyl sites for hydroxylation is 10. The van der Waals surface area contributed by atoms with E-state index in [0.29, 0.717) is 0 Å². The molecule has 10 heteroatoms. The molecule has 0 saturated heterocycles. The zero-order valence-corrected chi connectivity index (χ0v) is 30.2. The fourth-order valence-corrected chi connectivity index (χ4v) is 6.40. The normalized spacial score (nSPS) is 10.9. The summed E-state index contributed by atoms with van der Waals surface area (Å²) in [6.07, 6.45) is 18.8. The van der Waals surface area contributed by atoms with E-state index in [0.717, 1.165) is 22.1 Å². The first-order chi connectivity index (χ1) is 22.8. The quantitative estimate of drug-likeness (QED) is 0.169. The number of hydrogen-bond donors (Lipinski definition) is 0. The van der Waals surface area contributed by atoms with Crippen molar-refractivity contribution >= 4 is 43.9 Å². The van der Waals surface area contributed by atoms with Crippen molar-refractivity contribution < 1.29 is 0 Å². The SMILES string of the molecule is Cc1c(C)n(C)c2c(C)cncc12.Cc1c(C)n(C)c2ncncc12.Cc1cn(C)c2c(C)cncc12.Cc1cn(C)c2ncncc12. The van der Waals surface area contributed by atoms with E-state index in [1.54, 1.807) is 12.7 Å². The van der Waals surface area contributed by atoms with Crippen molar-refractivity contribution in [1.82, 2.24) is 48.2 Å². The summed E-state index contributed by atoms with van der Waals surface area (Å²) in [5.74, 6) is 0. The molecule has 248 valence electrons. The lowest BCUT2D eigenvalue weighted by atomic mass is 10.2. The summed E-state index contributed by atoms with van der Waals surface area (Å²) in [7, 11) is 8.19. The van der Waals surface area contributed by atoms with Crippen LogP contribution in [0.25, 0.3) is 43.9 Å². The fourth-order valence-electron chi connectivity index (χ4n) is 6.40. The van der Waals surface area contributed by atoms with E-state index in [2.05, 4.69) is 125 Å². The van der Waals surface area contributed by atoms with Gasteiger partial charge in [0.15, 0.2) is 0 Å². The van der Waals surface area contributed by atoms with Crippen LogP contribution in [0, 0.1) is 55.4 Å². The minimum absolute atomic E-state index is 0.998. The summed E-state index contributed by atoms with van der Waals surface area (Å²) >= 11 is 0. The Kier molecular flexibility index (Phi) is 9.74. The summed E-state index contributed by atoms with van der Waals surface area (Å²) in [5, 5.41) is 4.82. The van der Waals surface area contributed by atoms with E-state index in [1.807, 2.05) is 55.8 Å². The molecule has 0 aromatic carbocycles. The van der Waals surface area contributed by atoms with E-state index in [4.69, 9.17) is 0 Å². The van der Waals surface area contributed by atoms with Gasteiger partial charge in [0.1, 0.15) is 23.9 Å². The average molecular weight is 643 g/mol. The van der Waals surface area contributed by atoms with Crippen LogP contribution in [0.5, 0.6) is 0 Å². The largest absolute Gasteiger partial charge is 0.350 e. The van der Waals surface area contributed by atoms with Crippen LogP contribution in [0.3, 0.4) is 0 Å². The lowest BCUT2D eigenvalue weighted by Crippen LogP contribution is -1.92. The molecule has 48 heavy (non-hydrogen) atoms. The van der Waals surface area contributed by atoms with Crippen LogP contribution in [-0.2, 0) is 28.2 Å². The maximum absolute atomic E-state index is 4.21. The van der Waals surface area contributed by atoms with Crippen LogP contribution in [0.15, 0.2) is 62.2 Å². The molecule has 0 aliphatic carbocycles. The van der Waals surface area contributed by atoms with Crippen LogP contribution < -0.4 is 0 Å². The molecule has 0 aliphatic heterocycles. The van der Waals surface area contributed by atoms with Gasteiger partial charge in [-0.05, 0) is 88.8 Å². The predicted molar refractivity (Wildman–Crippen MR) is 196 cm³/mol. The monoisotopic (exact) mass is 642 g/mol. The van der Waals surface area contributed by atoms with Crippen LogP contribution >= 0.6 is 0 Å². The molecular formula is C38H46N10. The molecule has 0 amide bonds. The Bertz CT molecular complexity index is 2310. The minimum atomic E-state index is 0.998. The molecule has 0 N–H and O–H groups in total. The van der Waals surface area contributed by atoms with Crippen molar-refractivity contribution in [3.63, 3.8) is 0 Å². The molecule has 0 atom stereocenters. The van der Waals surface area contributed by atoms with Gasteiger partial charge in [-0.1, -0.05) is 0 Å². The fraction of sp³-hybridized carbons (Fsp3) is 0.316. The molecule has 8 rings (SSSR count). The highest BCUT2D eigenvalue weighted by molar-refractivity contribution is 5.87. The molecule has 8 aromatic rings. The second-order valence-electron chi connectivity index (χ2n) is 12.6. The van der Waals surface area contributed by atoms with Gasteiger partial charge in [-0.25, -0.2) is 19.9 Å². The van der Waals surface area contributed by atoms with E-state index in [9.17, 15) is 0 Å². The van der Waals surface area contributed by atoms with Gasteiger partial charge in [0, 0.05) is 111 Å². The van der Waals surface area contributed by atoms with Crippen LogP contribution in [0.2, 0.25) is 0 Å². The third kappa shape index (κ3) is 6.30. The molecule has 10 nitrogen and oxygen atoms in total. The summed E-state index contributed by atoms with van der Waals surface area (Å²) in [6.45, 7) is 16.9. The van der Waals surface area contributed by atoms with Gasteiger partial charge >= 0.3 is 0 Å².